The molecule has 3 heteroatoms. The standard InChI is InChI=1S/C14H20BrNS/c1-8-4-12(15)14(17-8)13(16)7-11-6-9-2-3-10(11)5-9/h4,9-11,13H,2-3,5-7,16H2,1H3. The molecule has 4 unspecified atom stereocenters. The summed E-state index contributed by atoms with van der Waals surface area (Å²) in [5.41, 5.74) is 6.40. The van der Waals surface area contributed by atoms with Gasteiger partial charge in [-0.1, -0.05) is 6.42 Å². The Balaban J connectivity index is 1.67. The van der Waals surface area contributed by atoms with Crippen molar-refractivity contribution in [3.05, 3.63) is 20.3 Å². The molecule has 2 fully saturated rings. The van der Waals surface area contributed by atoms with Gasteiger partial charge in [0.15, 0.2) is 0 Å². The Bertz CT molecular complexity index is 414. The zero-order valence-electron chi connectivity index (χ0n) is 10.3. The van der Waals surface area contributed by atoms with E-state index >= 15 is 0 Å². The normalized spacial score (nSPS) is 33.2. The third-order valence-corrected chi connectivity index (χ3v) is 6.72. The molecule has 3 rings (SSSR count). The second kappa shape index (κ2) is 4.67. The van der Waals surface area contributed by atoms with E-state index in [1.165, 1.54) is 46.3 Å². The Morgan fingerprint density at radius 1 is 1.47 bits per heavy atom. The highest BCUT2D eigenvalue weighted by Gasteiger charge is 2.40. The van der Waals surface area contributed by atoms with Crippen LogP contribution < -0.4 is 5.73 Å². The predicted octanol–water partition coefficient (Wildman–Crippen LogP) is 4.65. The molecule has 0 aromatic carbocycles. The predicted molar refractivity (Wildman–Crippen MR) is 77.2 cm³/mol. The molecule has 2 bridgehead atoms. The molecule has 4 atom stereocenters. The van der Waals surface area contributed by atoms with Gasteiger partial charge in [-0.25, -0.2) is 0 Å². The maximum atomic E-state index is 6.40. The molecule has 2 saturated carbocycles. The molecule has 0 saturated heterocycles. The van der Waals surface area contributed by atoms with E-state index in [0.29, 0.717) is 0 Å². The first kappa shape index (κ1) is 12.2. The van der Waals surface area contributed by atoms with Crippen molar-refractivity contribution in [1.82, 2.24) is 0 Å². The summed E-state index contributed by atoms with van der Waals surface area (Å²) in [5, 5.41) is 0. The van der Waals surface area contributed by atoms with E-state index < -0.39 is 0 Å². The summed E-state index contributed by atoms with van der Waals surface area (Å²) in [6.07, 6.45) is 7.08. The van der Waals surface area contributed by atoms with Crippen LogP contribution in [0.3, 0.4) is 0 Å². The van der Waals surface area contributed by atoms with Gasteiger partial charge in [-0.3, -0.25) is 0 Å². The molecule has 94 valence electrons. The van der Waals surface area contributed by atoms with E-state index in [-0.39, 0.29) is 6.04 Å². The van der Waals surface area contributed by atoms with Crippen LogP contribution in [0.15, 0.2) is 10.5 Å². The maximum absolute atomic E-state index is 6.40. The summed E-state index contributed by atoms with van der Waals surface area (Å²) in [7, 11) is 0. The lowest BCUT2D eigenvalue weighted by molar-refractivity contribution is 0.297. The fraction of sp³-hybridized carbons (Fsp3) is 0.714. The van der Waals surface area contributed by atoms with Crippen LogP contribution in [0.1, 0.15) is 47.9 Å². The first-order valence-electron chi connectivity index (χ1n) is 6.65. The van der Waals surface area contributed by atoms with E-state index in [9.17, 15) is 0 Å². The molecule has 2 aliphatic rings. The largest absolute Gasteiger partial charge is 0.323 e. The molecular formula is C14H20BrNS. The van der Waals surface area contributed by atoms with Crippen LogP contribution in [-0.4, -0.2) is 0 Å². The van der Waals surface area contributed by atoms with Gasteiger partial charge in [-0.05, 0) is 72.4 Å². The SMILES string of the molecule is Cc1cc(Br)c(C(N)CC2CC3CCC2C3)s1. The maximum Gasteiger partial charge on any atom is 0.0404 e. The van der Waals surface area contributed by atoms with E-state index in [1.807, 2.05) is 11.3 Å². The van der Waals surface area contributed by atoms with Gasteiger partial charge in [-0.2, -0.15) is 0 Å². The summed E-state index contributed by atoms with van der Waals surface area (Å²) in [6, 6.07) is 2.44. The number of hydrogen-bond donors (Lipinski definition) is 1. The zero-order chi connectivity index (χ0) is 12.0. The van der Waals surface area contributed by atoms with Crippen molar-refractivity contribution in [2.45, 2.75) is 45.1 Å². The minimum Gasteiger partial charge on any atom is -0.323 e. The van der Waals surface area contributed by atoms with Gasteiger partial charge >= 0.3 is 0 Å². The first-order chi connectivity index (χ1) is 8.13. The quantitative estimate of drug-likeness (QED) is 0.864. The van der Waals surface area contributed by atoms with E-state index in [2.05, 4.69) is 28.9 Å². The lowest BCUT2D eigenvalue weighted by atomic mass is 9.84. The van der Waals surface area contributed by atoms with Crippen molar-refractivity contribution in [3.63, 3.8) is 0 Å². The number of thiophene rings is 1. The average molecular weight is 314 g/mol. The molecule has 1 aromatic heterocycles. The second-order valence-corrected chi connectivity index (χ2v) is 7.99. The minimum absolute atomic E-state index is 0.243. The summed E-state index contributed by atoms with van der Waals surface area (Å²) in [4.78, 5) is 2.71. The summed E-state index contributed by atoms with van der Waals surface area (Å²) in [5.74, 6) is 2.93. The van der Waals surface area contributed by atoms with Gasteiger partial charge in [0.25, 0.3) is 0 Å². The number of nitrogens with two attached hydrogens (primary N) is 1. The Kier molecular flexibility index (Phi) is 3.35. The average Bonchev–Trinajstić information content (AvgIpc) is 2.93. The summed E-state index contributed by atoms with van der Waals surface area (Å²) >= 11 is 5.49. The van der Waals surface area contributed by atoms with Gasteiger partial charge in [0.1, 0.15) is 0 Å². The molecule has 0 aliphatic heterocycles. The van der Waals surface area contributed by atoms with Crippen LogP contribution in [0, 0.1) is 24.7 Å². The topological polar surface area (TPSA) is 26.0 Å². The number of halogens is 1. The van der Waals surface area contributed by atoms with Crippen molar-refractivity contribution in [2.75, 3.05) is 0 Å². The van der Waals surface area contributed by atoms with E-state index in [4.69, 9.17) is 5.73 Å². The van der Waals surface area contributed by atoms with Crippen LogP contribution in [0.2, 0.25) is 0 Å². The van der Waals surface area contributed by atoms with Crippen molar-refractivity contribution >= 4 is 27.3 Å². The highest BCUT2D eigenvalue weighted by Crippen LogP contribution is 2.51. The third kappa shape index (κ3) is 2.34. The van der Waals surface area contributed by atoms with E-state index in [1.54, 1.807) is 0 Å². The number of aryl methyl sites for hydroxylation is 1. The number of fused-ring (bicyclic) bond motifs is 2. The molecule has 0 spiro atoms. The van der Waals surface area contributed by atoms with Gasteiger partial charge in [0, 0.05) is 20.3 Å². The van der Waals surface area contributed by atoms with Gasteiger partial charge < -0.3 is 5.73 Å². The molecule has 2 N–H and O–H groups in total. The van der Waals surface area contributed by atoms with Crippen LogP contribution in [0.4, 0.5) is 0 Å². The van der Waals surface area contributed by atoms with Gasteiger partial charge in [0.2, 0.25) is 0 Å². The fourth-order valence-electron chi connectivity index (χ4n) is 3.85. The number of hydrogen-bond acceptors (Lipinski definition) is 2. The minimum atomic E-state index is 0.243. The highest BCUT2D eigenvalue weighted by atomic mass is 79.9. The van der Waals surface area contributed by atoms with Crippen molar-refractivity contribution in [3.8, 4) is 0 Å². The van der Waals surface area contributed by atoms with Crippen LogP contribution in [0.25, 0.3) is 0 Å². The lowest BCUT2D eigenvalue weighted by Gasteiger charge is -2.24. The second-order valence-electron chi connectivity index (χ2n) is 5.85. The Hall–Kier alpha value is 0.140. The molecule has 0 amide bonds. The van der Waals surface area contributed by atoms with Crippen LogP contribution in [-0.2, 0) is 0 Å². The Morgan fingerprint density at radius 3 is 2.82 bits per heavy atom. The molecule has 1 nitrogen and oxygen atoms in total. The zero-order valence-corrected chi connectivity index (χ0v) is 12.7. The van der Waals surface area contributed by atoms with Gasteiger partial charge in [-0.15, -0.1) is 11.3 Å². The fourth-order valence-corrected chi connectivity index (χ4v) is 5.81. The monoisotopic (exact) mass is 313 g/mol. The Labute approximate surface area is 116 Å². The van der Waals surface area contributed by atoms with Crippen LogP contribution >= 0.6 is 27.3 Å². The molecule has 17 heavy (non-hydrogen) atoms. The smallest absolute Gasteiger partial charge is 0.0404 e. The molecule has 2 aliphatic carbocycles. The molecule has 1 aromatic rings. The molecule has 1 heterocycles. The lowest BCUT2D eigenvalue weighted by Crippen LogP contribution is -2.19. The van der Waals surface area contributed by atoms with Crippen molar-refractivity contribution in [1.29, 1.82) is 0 Å². The van der Waals surface area contributed by atoms with E-state index in [0.717, 1.165) is 17.8 Å². The molecular weight excluding hydrogens is 294 g/mol. The number of rotatable bonds is 3. The first-order valence-corrected chi connectivity index (χ1v) is 8.26. The van der Waals surface area contributed by atoms with Crippen molar-refractivity contribution < 1.29 is 0 Å². The highest BCUT2D eigenvalue weighted by molar-refractivity contribution is 9.10. The van der Waals surface area contributed by atoms with Crippen molar-refractivity contribution in [2.24, 2.45) is 23.5 Å². The van der Waals surface area contributed by atoms with Gasteiger partial charge in [0.05, 0.1) is 0 Å². The molecule has 0 radical (unpaired) electrons. The summed E-state index contributed by atoms with van der Waals surface area (Å²) < 4.78 is 1.22. The Morgan fingerprint density at radius 2 is 2.29 bits per heavy atom. The van der Waals surface area contributed by atoms with Crippen LogP contribution in [0.5, 0.6) is 0 Å². The third-order valence-electron chi connectivity index (χ3n) is 4.61. The summed E-state index contributed by atoms with van der Waals surface area (Å²) in [6.45, 7) is 2.16.